The number of carbonyl (C=O) groups is 2. The van der Waals surface area contributed by atoms with Gasteiger partial charge in [0.05, 0.1) is 29.2 Å². The zero-order chi connectivity index (χ0) is 25.9. The van der Waals surface area contributed by atoms with Crippen molar-refractivity contribution in [2.75, 3.05) is 10.6 Å². The van der Waals surface area contributed by atoms with Crippen LogP contribution in [0.25, 0.3) is 0 Å². The molecule has 2 aromatic heterocycles. The Morgan fingerprint density at radius 2 is 1.86 bits per heavy atom. The van der Waals surface area contributed by atoms with Crippen molar-refractivity contribution in [3.05, 3.63) is 41.2 Å². The molecule has 0 radical (unpaired) electrons. The molecule has 0 aliphatic heterocycles. The van der Waals surface area contributed by atoms with E-state index >= 15 is 0 Å². The summed E-state index contributed by atoms with van der Waals surface area (Å²) in [5.41, 5.74) is 4.98. The molecule has 5 N–H and O–H groups in total. The number of anilines is 3. The molecule has 0 saturated heterocycles. The van der Waals surface area contributed by atoms with Crippen LogP contribution in [0.3, 0.4) is 0 Å². The summed E-state index contributed by atoms with van der Waals surface area (Å²) in [7, 11) is 0. The quantitative estimate of drug-likeness (QED) is 0.431. The summed E-state index contributed by atoms with van der Waals surface area (Å²) >= 11 is 0. The van der Waals surface area contributed by atoms with E-state index in [4.69, 9.17) is 10.5 Å². The van der Waals surface area contributed by atoms with Gasteiger partial charge >= 0.3 is 6.09 Å². The third-order valence-corrected chi connectivity index (χ3v) is 5.77. The van der Waals surface area contributed by atoms with Crippen LogP contribution in [0.1, 0.15) is 63.0 Å². The molecule has 3 rings (SSSR count). The monoisotopic (exact) mass is 490 g/mol. The Labute approximate surface area is 203 Å². The molecule has 1 saturated carbocycles. The number of aryl methyl sites for hydroxylation is 1. The van der Waals surface area contributed by atoms with E-state index < -0.39 is 35.3 Å². The largest absolute Gasteiger partial charge is 0.444 e. The standard InChI is InChI=1S/C24H32F2N6O3/c1-12-17(25)9-15(11-28-12)30-21-16(20(27)33)10-18(26)22(32-21)31-19(14-7-6-8-14)13(2)29-23(34)35-24(3,4)5/h9-11,13-14,19H,6-8H2,1-5H3,(H2,27,33)(H,29,34)(H2,30,31,32)/t13-,19-/m0/s1. The zero-order valence-electron chi connectivity index (χ0n) is 20.5. The van der Waals surface area contributed by atoms with Gasteiger partial charge in [-0.1, -0.05) is 6.42 Å². The first-order valence-electron chi connectivity index (χ1n) is 11.5. The van der Waals surface area contributed by atoms with Gasteiger partial charge in [-0.3, -0.25) is 9.78 Å². The highest BCUT2D eigenvalue weighted by Gasteiger charge is 2.34. The summed E-state index contributed by atoms with van der Waals surface area (Å²) in [5, 5.41) is 8.70. The zero-order valence-corrected chi connectivity index (χ0v) is 20.5. The average Bonchev–Trinajstić information content (AvgIpc) is 2.69. The number of pyridine rings is 2. The number of amides is 2. The molecule has 1 fully saturated rings. The SMILES string of the molecule is Cc1ncc(Nc2nc(N[C@H](C3CCC3)[C@H](C)NC(=O)OC(C)(C)C)c(F)cc2C(N)=O)cc1F. The van der Waals surface area contributed by atoms with Crippen LogP contribution in [0, 0.1) is 24.5 Å². The molecule has 2 heterocycles. The van der Waals surface area contributed by atoms with E-state index in [0.29, 0.717) is 0 Å². The Morgan fingerprint density at radius 1 is 1.17 bits per heavy atom. The number of nitrogens with two attached hydrogens (primary N) is 1. The van der Waals surface area contributed by atoms with E-state index in [9.17, 15) is 18.4 Å². The molecule has 11 heteroatoms. The van der Waals surface area contributed by atoms with Crippen molar-refractivity contribution in [3.8, 4) is 0 Å². The minimum absolute atomic E-state index is 0.0495. The second kappa shape index (κ2) is 10.4. The molecule has 190 valence electrons. The van der Waals surface area contributed by atoms with Gasteiger partial charge in [-0.2, -0.15) is 0 Å². The number of carbonyl (C=O) groups excluding carboxylic acids is 2. The van der Waals surface area contributed by atoms with Crippen LogP contribution in [0.4, 0.5) is 30.9 Å². The van der Waals surface area contributed by atoms with E-state index in [1.807, 2.05) is 0 Å². The minimum Gasteiger partial charge on any atom is -0.444 e. The molecule has 1 aliphatic carbocycles. The Balaban J connectivity index is 1.88. The number of primary amides is 1. The van der Waals surface area contributed by atoms with Crippen molar-refractivity contribution < 1.29 is 23.1 Å². The van der Waals surface area contributed by atoms with Crippen molar-refractivity contribution in [2.24, 2.45) is 11.7 Å². The lowest BCUT2D eigenvalue weighted by atomic mass is 9.77. The normalized spacial score (nSPS) is 15.5. The van der Waals surface area contributed by atoms with Gasteiger partial charge in [0.25, 0.3) is 5.91 Å². The van der Waals surface area contributed by atoms with Crippen LogP contribution in [-0.4, -0.2) is 39.7 Å². The molecule has 9 nitrogen and oxygen atoms in total. The summed E-state index contributed by atoms with van der Waals surface area (Å²) < 4.78 is 34.3. The van der Waals surface area contributed by atoms with Crippen LogP contribution >= 0.6 is 0 Å². The number of halogens is 2. The third kappa shape index (κ3) is 6.77. The Morgan fingerprint density at radius 3 is 2.40 bits per heavy atom. The number of hydrogen-bond donors (Lipinski definition) is 4. The van der Waals surface area contributed by atoms with Crippen LogP contribution in [0.15, 0.2) is 18.3 Å². The molecule has 1 aliphatic rings. The van der Waals surface area contributed by atoms with Gasteiger partial charge in [0.1, 0.15) is 17.2 Å². The lowest BCUT2D eigenvalue weighted by Gasteiger charge is -2.38. The molecular formula is C24H32F2N6O3. The topological polar surface area (TPSA) is 131 Å². The van der Waals surface area contributed by atoms with E-state index in [1.54, 1.807) is 27.7 Å². The second-order valence-corrected chi connectivity index (χ2v) is 9.79. The summed E-state index contributed by atoms with van der Waals surface area (Å²) in [6, 6.07) is 1.39. The Kier molecular flexibility index (Phi) is 7.76. The summed E-state index contributed by atoms with van der Waals surface area (Å²) in [6.07, 6.45) is 3.62. The van der Waals surface area contributed by atoms with Crippen molar-refractivity contribution in [3.63, 3.8) is 0 Å². The first kappa shape index (κ1) is 26.1. The van der Waals surface area contributed by atoms with Crippen molar-refractivity contribution >= 4 is 29.3 Å². The van der Waals surface area contributed by atoms with Gasteiger partial charge in [-0.15, -0.1) is 0 Å². The van der Waals surface area contributed by atoms with Crippen LogP contribution in [0.5, 0.6) is 0 Å². The highest BCUT2D eigenvalue weighted by Crippen LogP contribution is 2.34. The summed E-state index contributed by atoms with van der Waals surface area (Å²) in [5.74, 6) is -2.25. The summed E-state index contributed by atoms with van der Waals surface area (Å²) in [6.45, 7) is 8.61. The fourth-order valence-corrected chi connectivity index (χ4v) is 3.78. The van der Waals surface area contributed by atoms with Gasteiger partial charge in [0, 0.05) is 12.1 Å². The van der Waals surface area contributed by atoms with Crippen molar-refractivity contribution in [1.29, 1.82) is 0 Å². The molecule has 2 amide bonds. The van der Waals surface area contributed by atoms with Crippen LogP contribution < -0.4 is 21.7 Å². The maximum absolute atomic E-state index is 15.0. The van der Waals surface area contributed by atoms with Gasteiger partial charge < -0.3 is 26.4 Å². The van der Waals surface area contributed by atoms with Crippen molar-refractivity contribution in [1.82, 2.24) is 15.3 Å². The highest BCUT2D eigenvalue weighted by atomic mass is 19.1. The number of aromatic nitrogens is 2. The first-order chi connectivity index (χ1) is 16.3. The molecule has 2 aromatic rings. The Bertz CT molecular complexity index is 1100. The Hall–Kier alpha value is -3.50. The van der Waals surface area contributed by atoms with Crippen LogP contribution in [0.2, 0.25) is 0 Å². The van der Waals surface area contributed by atoms with Gasteiger partial charge in [0.15, 0.2) is 11.6 Å². The average molecular weight is 491 g/mol. The molecular weight excluding hydrogens is 458 g/mol. The number of hydrogen-bond acceptors (Lipinski definition) is 7. The van der Waals surface area contributed by atoms with E-state index in [1.165, 1.54) is 19.2 Å². The molecule has 2 atom stereocenters. The molecule has 0 aromatic carbocycles. The van der Waals surface area contributed by atoms with Crippen molar-refractivity contribution in [2.45, 2.75) is 71.6 Å². The van der Waals surface area contributed by atoms with Gasteiger partial charge in [-0.05, 0) is 59.4 Å². The fourth-order valence-electron chi connectivity index (χ4n) is 3.78. The molecule has 35 heavy (non-hydrogen) atoms. The van der Waals surface area contributed by atoms with E-state index in [-0.39, 0.29) is 40.5 Å². The number of rotatable bonds is 8. The highest BCUT2D eigenvalue weighted by molar-refractivity contribution is 5.98. The fraction of sp³-hybridized carbons (Fsp3) is 0.500. The summed E-state index contributed by atoms with van der Waals surface area (Å²) in [4.78, 5) is 32.4. The lowest BCUT2D eigenvalue weighted by Crippen LogP contribution is -2.51. The maximum atomic E-state index is 15.0. The van der Waals surface area contributed by atoms with E-state index in [2.05, 4.69) is 25.9 Å². The first-order valence-corrected chi connectivity index (χ1v) is 11.5. The predicted molar refractivity (Wildman–Crippen MR) is 129 cm³/mol. The number of nitrogens with one attached hydrogen (secondary N) is 3. The smallest absolute Gasteiger partial charge is 0.407 e. The van der Waals surface area contributed by atoms with Gasteiger partial charge in [-0.25, -0.2) is 18.6 Å². The van der Waals surface area contributed by atoms with E-state index in [0.717, 1.165) is 25.3 Å². The van der Waals surface area contributed by atoms with Gasteiger partial charge in [0.2, 0.25) is 0 Å². The maximum Gasteiger partial charge on any atom is 0.407 e. The molecule has 0 spiro atoms. The van der Waals surface area contributed by atoms with Crippen LogP contribution in [-0.2, 0) is 4.74 Å². The number of alkyl carbamates (subject to hydrolysis) is 1. The number of nitrogens with zero attached hydrogens (tertiary/aromatic N) is 2. The second-order valence-electron chi connectivity index (χ2n) is 9.79. The third-order valence-electron chi connectivity index (χ3n) is 5.77. The predicted octanol–water partition coefficient (Wildman–Crippen LogP) is 4.40. The minimum atomic E-state index is -0.901. The molecule has 0 unspecified atom stereocenters. The molecule has 0 bridgehead atoms. The number of ether oxygens (including phenoxy) is 1. The lowest BCUT2D eigenvalue weighted by molar-refractivity contribution is 0.0492.